The van der Waals surface area contributed by atoms with Crippen molar-refractivity contribution in [3.8, 4) is 16.8 Å². The van der Waals surface area contributed by atoms with E-state index in [4.69, 9.17) is 5.14 Å². The van der Waals surface area contributed by atoms with Gasteiger partial charge in [-0.15, -0.1) is 0 Å². The summed E-state index contributed by atoms with van der Waals surface area (Å²) >= 11 is 0. The number of hydrogen-bond donors (Lipinski definition) is 1. The summed E-state index contributed by atoms with van der Waals surface area (Å²) < 4.78 is 13.3. The Morgan fingerprint density at radius 2 is 1.82 bits per heavy atom. The van der Waals surface area contributed by atoms with Crippen LogP contribution in [0.25, 0.3) is 38.8 Å². The van der Waals surface area contributed by atoms with Gasteiger partial charge >= 0.3 is 0 Å². The molecule has 1 atom stereocenters. The summed E-state index contributed by atoms with van der Waals surface area (Å²) in [4.78, 5) is 13.8. The fourth-order valence-corrected chi connectivity index (χ4v) is 3.76. The van der Waals surface area contributed by atoms with Crippen LogP contribution in [0.15, 0.2) is 78.3 Å². The minimum atomic E-state index is -1.56. The average Bonchev–Trinajstić information content (AvgIpc) is 3.18. The fraction of sp³-hybridized carbons (Fsp3) is 0. The number of nitrogens with zero attached hydrogens (tertiary/aromatic N) is 5. The summed E-state index contributed by atoms with van der Waals surface area (Å²) in [6.07, 6.45) is 8.85. The molecule has 4 aromatic heterocycles. The lowest BCUT2D eigenvalue weighted by Gasteiger charge is -2.08. The molecule has 1 aromatic carbocycles. The van der Waals surface area contributed by atoms with Crippen LogP contribution >= 0.6 is 0 Å². The maximum atomic E-state index is 11.6. The maximum absolute atomic E-state index is 11.6. The Hall–Kier alpha value is -3.49. The molecule has 0 radical (unpaired) electrons. The number of pyridine rings is 3. The highest BCUT2D eigenvalue weighted by molar-refractivity contribution is 7.82. The van der Waals surface area contributed by atoms with E-state index >= 15 is 0 Å². The summed E-state index contributed by atoms with van der Waals surface area (Å²) in [5.41, 5.74) is 4.21. The van der Waals surface area contributed by atoms with E-state index in [0.29, 0.717) is 10.5 Å². The zero-order valence-electron chi connectivity index (χ0n) is 14.6. The largest absolute Gasteiger partial charge is 0.262 e. The Balaban J connectivity index is 1.74. The Morgan fingerprint density at radius 1 is 0.893 bits per heavy atom. The molecule has 0 aliphatic heterocycles. The highest BCUT2D eigenvalue weighted by atomic mass is 32.2. The molecule has 0 saturated heterocycles. The highest BCUT2D eigenvalue weighted by Gasteiger charge is 2.14. The van der Waals surface area contributed by atoms with Gasteiger partial charge in [0.05, 0.1) is 28.5 Å². The number of nitrogens with two attached hydrogens (primary N) is 1. The molecule has 0 spiro atoms. The Morgan fingerprint density at radius 3 is 2.71 bits per heavy atom. The Kier molecular flexibility index (Phi) is 3.92. The molecule has 5 aromatic rings. The number of benzene rings is 1. The molecule has 0 amide bonds. The number of fused-ring (bicyclic) bond motifs is 2. The summed E-state index contributed by atoms with van der Waals surface area (Å²) in [6.45, 7) is 0. The third-order valence-electron chi connectivity index (χ3n) is 4.59. The monoisotopic (exact) mass is 386 g/mol. The zero-order chi connectivity index (χ0) is 19.1. The van der Waals surface area contributed by atoms with Crippen LogP contribution in [0.3, 0.4) is 0 Å². The average molecular weight is 386 g/mol. The lowest BCUT2D eigenvalue weighted by molar-refractivity contribution is 0.684. The first kappa shape index (κ1) is 16.7. The standard InChI is InChI=1S/C20H14N6OS/c21-28(27)14-4-1-3-13(9-14)26-20-18(11-25-26)15(6-8-24-20)17-10-22-12-19-16(17)5-2-7-23-19/h1-12H,21H2. The van der Waals surface area contributed by atoms with Crippen LogP contribution in [0.1, 0.15) is 0 Å². The van der Waals surface area contributed by atoms with Gasteiger partial charge in [0.15, 0.2) is 5.65 Å². The topological polar surface area (TPSA) is 99.6 Å². The molecule has 0 aliphatic carbocycles. The molecule has 5 rings (SSSR count). The minimum absolute atomic E-state index is 0.529. The van der Waals surface area contributed by atoms with Gasteiger partial charge in [0.25, 0.3) is 0 Å². The first-order valence-electron chi connectivity index (χ1n) is 8.51. The first-order chi connectivity index (χ1) is 13.7. The SMILES string of the molecule is NS(=O)c1cccc(-n2ncc3c(-c4cncc5ncccc45)ccnc32)c1. The molecule has 4 heterocycles. The van der Waals surface area contributed by atoms with Crippen molar-refractivity contribution in [1.82, 2.24) is 24.7 Å². The van der Waals surface area contributed by atoms with Crippen molar-refractivity contribution in [1.29, 1.82) is 0 Å². The van der Waals surface area contributed by atoms with Crippen molar-refractivity contribution in [2.75, 3.05) is 0 Å². The minimum Gasteiger partial charge on any atom is -0.262 e. The fourth-order valence-electron chi connectivity index (χ4n) is 3.31. The molecular weight excluding hydrogens is 372 g/mol. The second-order valence-corrected chi connectivity index (χ2v) is 7.27. The summed E-state index contributed by atoms with van der Waals surface area (Å²) in [7, 11) is -1.56. The van der Waals surface area contributed by atoms with Crippen molar-refractivity contribution in [3.05, 3.63) is 73.4 Å². The molecule has 0 aliphatic rings. The van der Waals surface area contributed by atoms with E-state index in [-0.39, 0.29) is 0 Å². The van der Waals surface area contributed by atoms with Crippen LogP contribution in [-0.2, 0) is 11.0 Å². The van der Waals surface area contributed by atoms with Gasteiger partial charge in [0.2, 0.25) is 0 Å². The van der Waals surface area contributed by atoms with E-state index in [2.05, 4.69) is 20.1 Å². The van der Waals surface area contributed by atoms with Crippen molar-refractivity contribution in [3.63, 3.8) is 0 Å². The van der Waals surface area contributed by atoms with E-state index in [1.165, 1.54) is 0 Å². The van der Waals surface area contributed by atoms with Gasteiger partial charge in [-0.25, -0.2) is 19.0 Å². The van der Waals surface area contributed by atoms with E-state index in [1.807, 2.05) is 30.5 Å². The van der Waals surface area contributed by atoms with Gasteiger partial charge < -0.3 is 0 Å². The molecule has 28 heavy (non-hydrogen) atoms. The van der Waals surface area contributed by atoms with Crippen LogP contribution in [0.5, 0.6) is 0 Å². The predicted molar refractivity (Wildman–Crippen MR) is 108 cm³/mol. The number of aromatic nitrogens is 5. The predicted octanol–water partition coefficient (Wildman–Crippen LogP) is 3.01. The summed E-state index contributed by atoms with van der Waals surface area (Å²) in [5, 5.41) is 11.9. The highest BCUT2D eigenvalue weighted by Crippen LogP contribution is 2.32. The molecule has 1 unspecified atom stereocenters. The smallest absolute Gasteiger partial charge is 0.163 e. The first-order valence-corrected chi connectivity index (χ1v) is 9.72. The second-order valence-electron chi connectivity index (χ2n) is 6.20. The van der Waals surface area contributed by atoms with Gasteiger partial charge in [-0.1, -0.05) is 12.1 Å². The molecule has 8 heteroatoms. The molecular formula is C20H14N6OS. The third-order valence-corrected chi connectivity index (χ3v) is 5.30. The van der Waals surface area contributed by atoms with Gasteiger partial charge in [-0.3, -0.25) is 9.97 Å². The summed E-state index contributed by atoms with van der Waals surface area (Å²) in [6, 6.07) is 13.0. The van der Waals surface area contributed by atoms with Crippen LogP contribution in [-0.4, -0.2) is 28.9 Å². The van der Waals surface area contributed by atoms with Crippen molar-refractivity contribution in [2.24, 2.45) is 5.14 Å². The maximum Gasteiger partial charge on any atom is 0.163 e. The third kappa shape index (κ3) is 2.67. The summed E-state index contributed by atoms with van der Waals surface area (Å²) in [5.74, 6) is 0. The molecule has 0 bridgehead atoms. The zero-order valence-corrected chi connectivity index (χ0v) is 15.4. The quantitative estimate of drug-likeness (QED) is 0.514. The molecule has 2 N–H and O–H groups in total. The molecule has 7 nitrogen and oxygen atoms in total. The van der Waals surface area contributed by atoms with Gasteiger partial charge in [-0.2, -0.15) is 5.10 Å². The van der Waals surface area contributed by atoms with E-state index in [1.54, 1.807) is 47.7 Å². The van der Waals surface area contributed by atoms with Gasteiger partial charge in [0, 0.05) is 34.9 Å². The number of hydrogen-bond acceptors (Lipinski definition) is 5. The van der Waals surface area contributed by atoms with Crippen LogP contribution < -0.4 is 5.14 Å². The molecule has 136 valence electrons. The van der Waals surface area contributed by atoms with E-state index in [0.717, 1.165) is 33.1 Å². The van der Waals surface area contributed by atoms with Crippen LogP contribution in [0.2, 0.25) is 0 Å². The van der Waals surface area contributed by atoms with Gasteiger partial charge in [-0.05, 0) is 35.9 Å². The van der Waals surface area contributed by atoms with Gasteiger partial charge in [0.1, 0.15) is 11.0 Å². The Labute approximate surface area is 162 Å². The van der Waals surface area contributed by atoms with E-state index < -0.39 is 11.0 Å². The van der Waals surface area contributed by atoms with E-state index in [9.17, 15) is 4.21 Å². The Bertz CT molecular complexity index is 1360. The van der Waals surface area contributed by atoms with Crippen LogP contribution in [0.4, 0.5) is 0 Å². The number of rotatable bonds is 3. The normalized spacial score (nSPS) is 12.5. The lowest BCUT2D eigenvalue weighted by atomic mass is 10.0. The molecule has 0 fully saturated rings. The van der Waals surface area contributed by atoms with Crippen molar-refractivity contribution >= 4 is 32.9 Å². The lowest BCUT2D eigenvalue weighted by Crippen LogP contribution is -2.04. The molecule has 0 saturated carbocycles. The van der Waals surface area contributed by atoms with Crippen molar-refractivity contribution < 1.29 is 4.21 Å². The van der Waals surface area contributed by atoms with Crippen LogP contribution in [0, 0.1) is 0 Å². The second kappa shape index (κ2) is 6.59. The van der Waals surface area contributed by atoms with Crippen molar-refractivity contribution in [2.45, 2.75) is 4.90 Å².